The Kier molecular flexibility index (Phi) is 4.67. The molecule has 3 aromatic rings. The van der Waals surface area contributed by atoms with Crippen LogP contribution >= 0.6 is 27.3 Å². The van der Waals surface area contributed by atoms with Gasteiger partial charge in [-0.05, 0) is 49.4 Å². The number of halogens is 1. The maximum Gasteiger partial charge on any atom is 0.283 e. The molecule has 7 heteroatoms. The summed E-state index contributed by atoms with van der Waals surface area (Å²) in [4.78, 5) is 20.0. The van der Waals surface area contributed by atoms with Gasteiger partial charge in [-0.25, -0.2) is 4.98 Å². The Morgan fingerprint density at radius 3 is 3.00 bits per heavy atom. The summed E-state index contributed by atoms with van der Waals surface area (Å²) in [6, 6.07) is 5.10. The third kappa shape index (κ3) is 2.99. The number of phenols is 1. The topological polar surface area (TPSA) is 67.5 Å². The smallest absolute Gasteiger partial charge is 0.283 e. The molecular weight excluding hydrogens is 414 g/mol. The standard InChI is InChI=1S/C19H18BrN3O2S/c1-2-16-22-18-17(13-5-3-4-6-15(13)26-18)19(25)23(16)21-10-11-9-12(20)7-8-14(11)24/h7-10,24H,2-6H2,1H3. The number of aromatic nitrogens is 2. The highest BCUT2D eigenvalue weighted by atomic mass is 79.9. The van der Waals surface area contributed by atoms with Gasteiger partial charge >= 0.3 is 0 Å². The van der Waals surface area contributed by atoms with Crippen LogP contribution in [0, 0.1) is 0 Å². The van der Waals surface area contributed by atoms with Crippen LogP contribution in [0.1, 0.15) is 41.6 Å². The molecule has 0 bridgehead atoms. The molecule has 0 saturated carbocycles. The quantitative estimate of drug-likeness (QED) is 0.630. The molecule has 0 fully saturated rings. The van der Waals surface area contributed by atoms with Crippen molar-refractivity contribution in [2.75, 3.05) is 0 Å². The van der Waals surface area contributed by atoms with E-state index in [0.29, 0.717) is 17.8 Å². The summed E-state index contributed by atoms with van der Waals surface area (Å²) in [5.74, 6) is 0.747. The Bertz CT molecular complexity index is 1080. The molecule has 0 atom stereocenters. The maximum atomic E-state index is 13.2. The van der Waals surface area contributed by atoms with Crippen molar-refractivity contribution in [2.45, 2.75) is 39.0 Å². The third-order valence-corrected chi connectivity index (χ3v) is 6.33. The minimum absolute atomic E-state index is 0.114. The zero-order valence-electron chi connectivity index (χ0n) is 14.3. The van der Waals surface area contributed by atoms with E-state index in [2.05, 4.69) is 21.0 Å². The lowest BCUT2D eigenvalue weighted by atomic mass is 9.97. The second-order valence-electron chi connectivity index (χ2n) is 6.34. The van der Waals surface area contributed by atoms with Gasteiger partial charge in [-0.1, -0.05) is 22.9 Å². The van der Waals surface area contributed by atoms with Crippen molar-refractivity contribution in [1.82, 2.24) is 9.66 Å². The summed E-state index contributed by atoms with van der Waals surface area (Å²) in [5, 5.41) is 15.1. The fourth-order valence-electron chi connectivity index (χ4n) is 3.34. The van der Waals surface area contributed by atoms with E-state index in [1.807, 2.05) is 6.92 Å². The van der Waals surface area contributed by atoms with Gasteiger partial charge in [-0.15, -0.1) is 11.3 Å². The van der Waals surface area contributed by atoms with Crippen molar-refractivity contribution >= 4 is 43.7 Å². The second-order valence-corrected chi connectivity index (χ2v) is 8.34. The zero-order valence-corrected chi connectivity index (χ0v) is 16.7. The summed E-state index contributed by atoms with van der Waals surface area (Å²) < 4.78 is 2.21. The van der Waals surface area contributed by atoms with E-state index in [1.54, 1.807) is 29.5 Å². The van der Waals surface area contributed by atoms with E-state index in [4.69, 9.17) is 4.98 Å². The van der Waals surface area contributed by atoms with E-state index >= 15 is 0 Å². The van der Waals surface area contributed by atoms with Crippen LogP contribution in [0.3, 0.4) is 0 Å². The molecule has 1 aliphatic rings. The van der Waals surface area contributed by atoms with E-state index in [9.17, 15) is 9.90 Å². The Balaban J connectivity index is 1.88. The van der Waals surface area contributed by atoms with Crippen LogP contribution in [0.5, 0.6) is 5.75 Å². The Labute approximate surface area is 163 Å². The zero-order chi connectivity index (χ0) is 18.3. The molecule has 0 unspecified atom stereocenters. The van der Waals surface area contributed by atoms with Crippen molar-refractivity contribution < 1.29 is 5.11 Å². The number of fused-ring (bicyclic) bond motifs is 3. The fraction of sp³-hybridized carbons (Fsp3) is 0.316. The van der Waals surface area contributed by atoms with Crippen LogP contribution in [0.25, 0.3) is 10.2 Å². The lowest BCUT2D eigenvalue weighted by molar-refractivity contribution is 0.474. The van der Waals surface area contributed by atoms with Gasteiger partial charge in [0.05, 0.1) is 11.6 Å². The fourth-order valence-corrected chi connectivity index (χ4v) is 4.98. The van der Waals surface area contributed by atoms with Crippen LogP contribution in [0.2, 0.25) is 0 Å². The molecule has 0 radical (unpaired) electrons. The molecule has 0 amide bonds. The Morgan fingerprint density at radius 2 is 2.19 bits per heavy atom. The van der Waals surface area contributed by atoms with Crippen molar-refractivity contribution in [3.05, 3.63) is 54.9 Å². The number of phenolic OH excluding ortho intramolecular Hbond substituents is 1. The lowest BCUT2D eigenvalue weighted by Crippen LogP contribution is -2.22. The highest BCUT2D eigenvalue weighted by Gasteiger charge is 2.21. The van der Waals surface area contributed by atoms with Crippen molar-refractivity contribution in [3.63, 3.8) is 0 Å². The number of hydrogen-bond acceptors (Lipinski definition) is 5. The highest BCUT2D eigenvalue weighted by molar-refractivity contribution is 9.10. The molecule has 1 aromatic carbocycles. The first-order valence-electron chi connectivity index (χ1n) is 8.67. The number of aryl methyl sites for hydroxylation is 3. The molecule has 0 saturated heterocycles. The van der Waals surface area contributed by atoms with Crippen LogP contribution < -0.4 is 5.56 Å². The predicted molar refractivity (Wildman–Crippen MR) is 109 cm³/mol. The van der Waals surface area contributed by atoms with E-state index < -0.39 is 0 Å². The van der Waals surface area contributed by atoms with E-state index in [1.165, 1.54) is 22.2 Å². The Morgan fingerprint density at radius 1 is 1.38 bits per heavy atom. The Hall–Kier alpha value is -1.99. The molecular formula is C19H18BrN3O2S. The van der Waals surface area contributed by atoms with Gasteiger partial charge in [-0.3, -0.25) is 4.79 Å². The molecule has 5 nitrogen and oxygen atoms in total. The summed E-state index contributed by atoms with van der Waals surface area (Å²) in [7, 11) is 0. The second kappa shape index (κ2) is 6.96. The van der Waals surface area contributed by atoms with E-state index in [0.717, 1.165) is 39.5 Å². The molecule has 0 aliphatic heterocycles. The molecule has 2 aromatic heterocycles. The number of nitrogens with zero attached hydrogens (tertiary/aromatic N) is 3. The van der Waals surface area contributed by atoms with Crippen molar-refractivity contribution in [1.29, 1.82) is 0 Å². The van der Waals surface area contributed by atoms with Crippen molar-refractivity contribution in [2.24, 2.45) is 5.10 Å². The minimum atomic E-state index is -0.114. The van der Waals surface area contributed by atoms with Gasteiger partial charge in [-0.2, -0.15) is 9.78 Å². The molecule has 0 spiro atoms. The lowest BCUT2D eigenvalue weighted by Gasteiger charge is -2.10. The number of hydrogen-bond donors (Lipinski definition) is 1. The normalized spacial score (nSPS) is 14.2. The SMILES string of the molecule is CCc1nc2sc3c(c2c(=O)n1N=Cc1cc(Br)ccc1O)CCCC3. The van der Waals surface area contributed by atoms with Crippen LogP contribution in [-0.4, -0.2) is 21.0 Å². The van der Waals surface area contributed by atoms with Crippen LogP contribution in [-0.2, 0) is 19.3 Å². The highest BCUT2D eigenvalue weighted by Crippen LogP contribution is 2.33. The summed E-state index contributed by atoms with van der Waals surface area (Å²) in [6.45, 7) is 1.96. The number of rotatable bonds is 3. The first-order chi connectivity index (χ1) is 12.6. The first-order valence-corrected chi connectivity index (χ1v) is 10.3. The number of benzene rings is 1. The molecule has 134 valence electrons. The molecule has 2 heterocycles. The monoisotopic (exact) mass is 431 g/mol. The summed E-state index contributed by atoms with van der Waals surface area (Å²) in [6.07, 6.45) is 6.38. The molecule has 1 aliphatic carbocycles. The summed E-state index contributed by atoms with van der Waals surface area (Å²) in [5.41, 5.74) is 1.59. The largest absolute Gasteiger partial charge is 0.507 e. The van der Waals surface area contributed by atoms with Gasteiger partial charge in [0.2, 0.25) is 0 Å². The van der Waals surface area contributed by atoms with Crippen molar-refractivity contribution in [3.8, 4) is 5.75 Å². The van der Waals surface area contributed by atoms with Crippen LogP contribution in [0.15, 0.2) is 32.6 Å². The first kappa shape index (κ1) is 17.4. The average Bonchev–Trinajstić information content (AvgIpc) is 3.01. The van der Waals surface area contributed by atoms with Gasteiger partial charge in [0.25, 0.3) is 5.56 Å². The third-order valence-electron chi connectivity index (χ3n) is 4.65. The van der Waals surface area contributed by atoms with Gasteiger partial charge < -0.3 is 5.11 Å². The minimum Gasteiger partial charge on any atom is -0.507 e. The van der Waals surface area contributed by atoms with Crippen LogP contribution in [0.4, 0.5) is 0 Å². The molecule has 26 heavy (non-hydrogen) atoms. The maximum absolute atomic E-state index is 13.2. The molecule has 4 rings (SSSR count). The summed E-state index contributed by atoms with van der Waals surface area (Å²) >= 11 is 5.03. The number of aromatic hydroxyl groups is 1. The number of thiophene rings is 1. The van der Waals surface area contributed by atoms with E-state index in [-0.39, 0.29) is 11.3 Å². The predicted octanol–water partition coefficient (Wildman–Crippen LogP) is 4.25. The van der Waals surface area contributed by atoms with Gasteiger partial charge in [0, 0.05) is 21.3 Å². The van der Waals surface area contributed by atoms with Gasteiger partial charge in [0.15, 0.2) is 0 Å². The van der Waals surface area contributed by atoms with Gasteiger partial charge in [0.1, 0.15) is 16.4 Å². The average molecular weight is 432 g/mol. The molecule has 1 N–H and O–H groups in total.